The lowest BCUT2D eigenvalue weighted by atomic mass is 10.2. The van der Waals surface area contributed by atoms with Crippen LogP contribution < -0.4 is 10.6 Å². The summed E-state index contributed by atoms with van der Waals surface area (Å²) < 4.78 is 5.51. The molecule has 1 saturated heterocycles. The van der Waals surface area contributed by atoms with Crippen molar-refractivity contribution in [1.29, 1.82) is 0 Å². The molecule has 1 fully saturated rings. The van der Waals surface area contributed by atoms with Gasteiger partial charge in [0.1, 0.15) is 0 Å². The summed E-state index contributed by atoms with van der Waals surface area (Å²) in [6, 6.07) is 7.72. The highest BCUT2D eigenvalue weighted by Gasteiger charge is 2.14. The van der Waals surface area contributed by atoms with Crippen molar-refractivity contribution in [3.63, 3.8) is 0 Å². The summed E-state index contributed by atoms with van der Waals surface area (Å²) >= 11 is 11.0. The number of thiocarbonyl (C=S) groups is 1. The molecule has 0 bridgehead atoms. The predicted octanol–water partition coefficient (Wildman–Crippen LogP) is 2.48. The fourth-order valence-corrected chi connectivity index (χ4v) is 2.14. The van der Waals surface area contributed by atoms with Gasteiger partial charge in [-0.25, -0.2) is 0 Å². The van der Waals surface area contributed by atoms with Gasteiger partial charge < -0.3 is 15.4 Å². The highest BCUT2D eigenvalue weighted by Crippen LogP contribution is 2.10. The lowest BCUT2D eigenvalue weighted by Gasteiger charge is -2.14. The molecular weight excluding hydrogens is 268 g/mol. The van der Waals surface area contributed by atoms with E-state index in [2.05, 4.69) is 10.6 Å². The molecule has 18 heavy (non-hydrogen) atoms. The van der Waals surface area contributed by atoms with Gasteiger partial charge in [0.15, 0.2) is 5.11 Å². The molecule has 1 atom stereocenters. The van der Waals surface area contributed by atoms with E-state index in [9.17, 15) is 0 Å². The van der Waals surface area contributed by atoms with Gasteiger partial charge in [-0.3, -0.25) is 0 Å². The molecular formula is C13H17ClN2OS. The van der Waals surface area contributed by atoms with Crippen LogP contribution in [0.2, 0.25) is 5.02 Å². The Balaban J connectivity index is 1.66. The Morgan fingerprint density at radius 3 is 2.78 bits per heavy atom. The van der Waals surface area contributed by atoms with E-state index in [1.807, 2.05) is 24.3 Å². The fraction of sp³-hybridized carbons (Fsp3) is 0.462. The van der Waals surface area contributed by atoms with Crippen LogP contribution in [-0.4, -0.2) is 24.4 Å². The molecule has 0 aliphatic carbocycles. The molecule has 1 aromatic rings. The van der Waals surface area contributed by atoms with Gasteiger partial charge in [0.25, 0.3) is 0 Å². The second-order valence-corrected chi connectivity index (χ2v) is 5.17. The predicted molar refractivity (Wildman–Crippen MR) is 77.9 cm³/mol. The van der Waals surface area contributed by atoms with Crippen LogP contribution in [0.4, 0.5) is 0 Å². The van der Waals surface area contributed by atoms with Gasteiger partial charge in [-0.1, -0.05) is 23.7 Å². The standard InChI is InChI=1S/C13H17ClN2OS/c14-11-5-3-10(4-6-11)8-15-13(18)16-9-12-2-1-7-17-12/h3-6,12H,1-2,7-9H2,(H2,15,16,18). The smallest absolute Gasteiger partial charge is 0.166 e. The Labute approximate surface area is 118 Å². The third-order valence-electron chi connectivity index (χ3n) is 2.88. The number of rotatable bonds is 4. The SMILES string of the molecule is S=C(NCc1ccc(Cl)cc1)NCC1CCCO1. The average Bonchev–Trinajstić information content (AvgIpc) is 2.89. The van der Waals surface area contributed by atoms with Crippen molar-refractivity contribution in [2.45, 2.75) is 25.5 Å². The molecule has 1 aliphatic rings. The van der Waals surface area contributed by atoms with Crippen LogP contribution in [-0.2, 0) is 11.3 Å². The van der Waals surface area contributed by atoms with Gasteiger partial charge in [0.2, 0.25) is 0 Å². The Bertz CT molecular complexity index is 390. The van der Waals surface area contributed by atoms with Crippen molar-refractivity contribution in [2.75, 3.05) is 13.2 Å². The topological polar surface area (TPSA) is 33.3 Å². The number of nitrogens with one attached hydrogen (secondary N) is 2. The van der Waals surface area contributed by atoms with E-state index >= 15 is 0 Å². The van der Waals surface area contributed by atoms with Gasteiger partial charge in [-0.05, 0) is 42.8 Å². The van der Waals surface area contributed by atoms with E-state index in [0.717, 1.165) is 36.6 Å². The summed E-state index contributed by atoms with van der Waals surface area (Å²) in [5, 5.41) is 7.75. The first-order chi connectivity index (χ1) is 8.74. The first-order valence-electron chi connectivity index (χ1n) is 6.12. The van der Waals surface area contributed by atoms with Crippen molar-refractivity contribution in [2.24, 2.45) is 0 Å². The Morgan fingerprint density at radius 1 is 1.33 bits per heavy atom. The van der Waals surface area contributed by atoms with Crippen molar-refractivity contribution < 1.29 is 4.74 Å². The van der Waals surface area contributed by atoms with Gasteiger partial charge in [0.05, 0.1) is 6.10 Å². The van der Waals surface area contributed by atoms with Crippen LogP contribution in [0.25, 0.3) is 0 Å². The van der Waals surface area contributed by atoms with E-state index in [1.54, 1.807) is 0 Å². The van der Waals surface area contributed by atoms with Crippen LogP contribution in [0.3, 0.4) is 0 Å². The maximum atomic E-state index is 5.82. The minimum Gasteiger partial charge on any atom is -0.376 e. The quantitative estimate of drug-likeness (QED) is 0.833. The average molecular weight is 285 g/mol. The first kappa shape index (κ1) is 13.6. The normalized spacial score (nSPS) is 18.6. The van der Waals surface area contributed by atoms with E-state index in [4.69, 9.17) is 28.6 Å². The van der Waals surface area contributed by atoms with Crippen LogP contribution >= 0.6 is 23.8 Å². The molecule has 1 heterocycles. The van der Waals surface area contributed by atoms with E-state index in [-0.39, 0.29) is 0 Å². The second kappa shape index (κ2) is 6.92. The summed E-state index contributed by atoms with van der Waals surface area (Å²) in [6.07, 6.45) is 2.57. The van der Waals surface area contributed by atoms with Crippen LogP contribution in [0, 0.1) is 0 Å². The van der Waals surface area contributed by atoms with Gasteiger partial charge in [-0.2, -0.15) is 0 Å². The molecule has 0 aromatic heterocycles. The summed E-state index contributed by atoms with van der Waals surface area (Å²) in [4.78, 5) is 0. The number of ether oxygens (including phenoxy) is 1. The molecule has 2 N–H and O–H groups in total. The molecule has 98 valence electrons. The summed E-state index contributed by atoms with van der Waals surface area (Å²) in [6.45, 7) is 2.36. The summed E-state index contributed by atoms with van der Waals surface area (Å²) in [5.74, 6) is 0. The van der Waals surface area contributed by atoms with Crippen molar-refractivity contribution in [1.82, 2.24) is 10.6 Å². The number of hydrogen-bond donors (Lipinski definition) is 2. The molecule has 5 heteroatoms. The number of benzene rings is 1. The van der Waals surface area contributed by atoms with E-state index < -0.39 is 0 Å². The fourth-order valence-electron chi connectivity index (χ4n) is 1.86. The minimum absolute atomic E-state index is 0.306. The zero-order valence-electron chi connectivity index (χ0n) is 10.1. The largest absolute Gasteiger partial charge is 0.376 e. The van der Waals surface area contributed by atoms with Crippen molar-refractivity contribution in [3.05, 3.63) is 34.9 Å². The monoisotopic (exact) mass is 284 g/mol. The lowest BCUT2D eigenvalue weighted by Crippen LogP contribution is -2.39. The molecule has 1 aliphatic heterocycles. The molecule has 0 saturated carbocycles. The van der Waals surface area contributed by atoms with E-state index in [1.165, 1.54) is 0 Å². The minimum atomic E-state index is 0.306. The number of halogens is 1. The van der Waals surface area contributed by atoms with E-state index in [0.29, 0.717) is 17.8 Å². The Kier molecular flexibility index (Phi) is 5.23. The van der Waals surface area contributed by atoms with Crippen LogP contribution in [0.5, 0.6) is 0 Å². The molecule has 3 nitrogen and oxygen atoms in total. The van der Waals surface area contributed by atoms with Gasteiger partial charge in [0, 0.05) is 24.7 Å². The maximum absolute atomic E-state index is 5.82. The zero-order valence-corrected chi connectivity index (χ0v) is 11.7. The zero-order chi connectivity index (χ0) is 12.8. The van der Waals surface area contributed by atoms with Crippen molar-refractivity contribution >= 4 is 28.9 Å². The summed E-state index contributed by atoms with van der Waals surface area (Å²) in [5.41, 5.74) is 1.15. The third kappa shape index (κ3) is 4.44. The molecule has 2 rings (SSSR count). The lowest BCUT2D eigenvalue weighted by molar-refractivity contribution is 0.114. The first-order valence-corrected chi connectivity index (χ1v) is 6.90. The molecule has 1 unspecified atom stereocenters. The second-order valence-electron chi connectivity index (χ2n) is 4.33. The third-order valence-corrected chi connectivity index (χ3v) is 3.42. The van der Waals surface area contributed by atoms with Crippen molar-refractivity contribution in [3.8, 4) is 0 Å². The summed E-state index contributed by atoms with van der Waals surface area (Å²) in [7, 11) is 0. The number of hydrogen-bond acceptors (Lipinski definition) is 2. The van der Waals surface area contributed by atoms with Gasteiger partial charge >= 0.3 is 0 Å². The highest BCUT2D eigenvalue weighted by atomic mass is 35.5. The highest BCUT2D eigenvalue weighted by molar-refractivity contribution is 7.80. The van der Waals surface area contributed by atoms with Gasteiger partial charge in [-0.15, -0.1) is 0 Å². The Morgan fingerprint density at radius 2 is 2.11 bits per heavy atom. The maximum Gasteiger partial charge on any atom is 0.166 e. The molecule has 0 spiro atoms. The van der Waals surface area contributed by atoms with Crippen LogP contribution in [0.1, 0.15) is 18.4 Å². The molecule has 1 aromatic carbocycles. The molecule has 0 amide bonds. The molecule has 0 radical (unpaired) electrons. The van der Waals surface area contributed by atoms with Crippen LogP contribution in [0.15, 0.2) is 24.3 Å². The Hall–Kier alpha value is -0.840.